The Kier molecular flexibility index (Phi) is 12.4. The topological polar surface area (TPSA) is 130 Å². The number of aromatic nitrogens is 5. The van der Waals surface area contributed by atoms with E-state index in [-0.39, 0.29) is 24.7 Å². The van der Waals surface area contributed by atoms with Crippen LogP contribution in [0.15, 0.2) is 91.6 Å². The monoisotopic (exact) mass is 884 g/mol. The molecular weight excluding hydrogens is 839 g/mol. The summed E-state index contributed by atoms with van der Waals surface area (Å²) in [5, 5.41) is 12.0. The first-order valence-electron chi connectivity index (χ1n) is 20.9. The Labute approximate surface area is 374 Å². The van der Waals surface area contributed by atoms with Crippen molar-refractivity contribution in [2.75, 3.05) is 46.3 Å². The van der Waals surface area contributed by atoms with Crippen molar-refractivity contribution in [1.29, 1.82) is 0 Å². The zero-order valence-electron chi connectivity index (χ0n) is 35.2. The molecule has 3 aliphatic heterocycles. The Hall–Kier alpha value is -5.90. The maximum atomic E-state index is 14.3. The fourth-order valence-corrected chi connectivity index (χ4v) is 9.66. The third-order valence-electron chi connectivity index (χ3n) is 11.8. The van der Waals surface area contributed by atoms with Gasteiger partial charge in [0.15, 0.2) is 5.82 Å². The van der Waals surface area contributed by atoms with E-state index in [2.05, 4.69) is 53.8 Å². The van der Waals surface area contributed by atoms with Gasteiger partial charge in [-0.3, -0.25) is 14.8 Å². The van der Waals surface area contributed by atoms with E-state index in [0.29, 0.717) is 51.2 Å². The second-order valence-corrected chi connectivity index (χ2v) is 17.6. The van der Waals surface area contributed by atoms with Gasteiger partial charge >= 0.3 is 5.97 Å². The van der Waals surface area contributed by atoms with Crippen molar-refractivity contribution in [3.8, 4) is 44.6 Å². The van der Waals surface area contributed by atoms with E-state index < -0.39 is 12.1 Å². The van der Waals surface area contributed by atoms with Crippen LogP contribution in [0.25, 0.3) is 43.2 Å². The zero-order chi connectivity index (χ0) is 43.6. The smallest absolute Gasteiger partial charge is 0.345 e. The van der Waals surface area contributed by atoms with Gasteiger partial charge in [-0.1, -0.05) is 48.0 Å². The predicted molar refractivity (Wildman–Crippen MR) is 243 cm³/mol. The number of likely N-dealkylation sites (N-methyl/N-ethyl adjacent to an activating group) is 1. The number of halogens is 2. The van der Waals surface area contributed by atoms with Crippen LogP contribution in [0.1, 0.15) is 33.5 Å². The summed E-state index contributed by atoms with van der Waals surface area (Å²) in [6.07, 6.45) is 5.17. The van der Waals surface area contributed by atoms with Crippen molar-refractivity contribution in [2.24, 2.45) is 0 Å². The molecule has 1 fully saturated rings. The standard InChI is InChI=1S/C48H46ClFN8O4S/c1-29-24-51-14-13-37(29)45-52-15-12-36(55-45)27-61-39-11-4-31-22-34(39)23-40(48(59)60)62-46-42-41(44(63-47(42)54-28-53-46)32-5-8-35(50)9-6-32)38-10-7-33(43(49)30(38)2)26-58(25-31)21-20-57-18-16-56(3)17-19-57/h4-15,22,24,28,40H,16-21,23,25-27H2,1-3H3,(H,59,60)/t40-/m1/s1. The van der Waals surface area contributed by atoms with E-state index in [0.717, 1.165) is 88.7 Å². The van der Waals surface area contributed by atoms with E-state index in [1.807, 2.05) is 38.1 Å². The number of carboxylic acids is 1. The highest BCUT2D eigenvalue weighted by Crippen LogP contribution is 2.49. The molecule has 7 heterocycles. The molecule has 3 aromatic carbocycles. The Morgan fingerprint density at radius 2 is 1.73 bits per heavy atom. The summed E-state index contributed by atoms with van der Waals surface area (Å²) in [6, 6.07) is 20.1. The molecule has 1 saturated heterocycles. The summed E-state index contributed by atoms with van der Waals surface area (Å²) in [5.74, 6) is -0.333. The normalized spacial score (nSPS) is 16.3. The summed E-state index contributed by atoms with van der Waals surface area (Å²) < 4.78 is 27.2. The van der Waals surface area contributed by atoms with Gasteiger partial charge < -0.3 is 19.5 Å². The quantitative estimate of drug-likeness (QED) is 0.149. The van der Waals surface area contributed by atoms with Crippen molar-refractivity contribution in [2.45, 2.75) is 46.1 Å². The van der Waals surface area contributed by atoms with Crippen LogP contribution >= 0.6 is 22.9 Å². The van der Waals surface area contributed by atoms with Gasteiger partial charge in [0, 0.05) is 98.4 Å². The highest BCUT2D eigenvalue weighted by Gasteiger charge is 2.29. The number of thiophene rings is 1. The number of fused-ring (bicyclic) bond motifs is 6. The Balaban J connectivity index is 1.14. The fraction of sp³-hybridized carbons (Fsp3) is 0.292. The number of aryl methyl sites for hydroxylation is 1. The molecule has 4 aromatic heterocycles. The van der Waals surface area contributed by atoms with Crippen LogP contribution in [0.4, 0.5) is 4.39 Å². The summed E-state index contributed by atoms with van der Waals surface area (Å²) >= 11 is 8.78. The average Bonchev–Trinajstić information content (AvgIpc) is 3.67. The van der Waals surface area contributed by atoms with Crippen molar-refractivity contribution >= 4 is 39.1 Å². The lowest BCUT2D eigenvalue weighted by Crippen LogP contribution is -2.46. The molecule has 12 nitrogen and oxygen atoms in total. The molecule has 7 aromatic rings. The van der Waals surface area contributed by atoms with Crippen LogP contribution in [0, 0.1) is 19.7 Å². The van der Waals surface area contributed by atoms with Gasteiger partial charge in [0.25, 0.3) is 0 Å². The van der Waals surface area contributed by atoms with Gasteiger partial charge in [-0.2, -0.15) is 0 Å². The first-order chi connectivity index (χ1) is 30.6. The lowest BCUT2D eigenvalue weighted by atomic mass is 9.94. The summed E-state index contributed by atoms with van der Waals surface area (Å²) in [5.41, 5.74) is 8.29. The zero-order valence-corrected chi connectivity index (χ0v) is 36.8. The van der Waals surface area contributed by atoms with E-state index >= 15 is 0 Å². The van der Waals surface area contributed by atoms with E-state index in [4.69, 9.17) is 26.1 Å². The van der Waals surface area contributed by atoms with Crippen molar-refractivity contribution in [3.05, 3.63) is 136 Å². The second-order valence-electron chi connectivity index (χ2n) is 16.2. The number of nitrogens with zero attached hydrogens (tertiary/aromatic N) is 8. The summed E-state index contributed by atoms with van der Waals surface area (Å²) in [6.45, 7) is 10.9. The maximum Gasteiger partial charge on any atom is 0.345 e. The Morgan fingerprint density at radius 3 is 2.52 bits per heavy atom. The number of rotatable bonds is 9. The Bertz CT molecular complexity index is 2800. The number of carbonyl (C=O) groups is 1. The highest BCUT2D eigenvalue weighted by molar-refractivity contribution is 7.22. The number of hydrogen-bond acceptors (Lipinski definition) is 12. The lowest BCUT2D eigenvalue weighted by Gasteiger charge is -2.34. The predicted octanol–water partition coefficient (Wildman–Crippen LogP) is 8.50. The molecule has 0 amide bonds. The lowest BCUT2D eigenvalue weighted by molar-refractivity contribution is -0.145. The third-order valence-corrected chi connectivity index (χ3v) is 13.5. The number of hydrogen-bond donors (Lipinski definition) is 1. The molecule has 63 heavy (non-hydrogen) atoms. The molecular formula is C48H46ClFN8O4S. The van der Waals surface area contributed by atoms with Crippen LogP contribution in [-0.2, 0) is 30.9 Å². The summed E-state index contributed by atoms with van der Waals surface area (Å²) in [4.78, 5) is 44.6. The van der Waals surface area contributed by atoms with Crippen molar-refractivity contribution in [1.82, 2.24) is 39.6 Å². The molecule has 0 saturated carbocycles. The van der Waals surface area contributed by atoms with Crippen LogP contribution in [0.3, 0.4) is 0 Å². The van der Waals surface area contributed by atoms with Gasteiger partial charge in [0.05, 0.1) is 11.1 Å². The number of carboxylic acid groups (broad SMARTS) is 1. The molecule has 15 heteroatoms. The van der Waals surface area contributed by atoms with E-state index in [1.165, 1.54) is 29.8 Å². The number of aliphatic carboxylic acids is 1. The first-order valence-corrected chi connectivity index (χ1v) is 22.1. The molecule has 4 bridgehead atoms. The summed E-state index contributed by atoms with van der Waals surface area (Å²) in [7, 11) is 2.16. The highest BCUT2D eigenvalue weighted by atomic mass is 35.5. The fourth-order valence-electron chi connectivity index (χ4n) is 8.29. The maximum absolute atomic E-state index is 14.3. The van der Waals surface area contributed by atoms with Crippen molar-refractivity contribution in [3.63, 3.8) is 0 Å². The number of pyridine rings is 1. The van der Waals surface area contributed by atoms with Gasteiger partial charge in [0.2, 0.25) is 12.0 Å². The van der Waals surface area contributed by atoms with Crippen LogP contribution in [0.2, 0.25) is 5.02 Å². The Morgan fingerprint density at radius 1 is 0.921 bits per heavy atom. The van der Waals surface area contributed by atoms with Crippen molar-refractivity contribution < 1.29 is 23.8 Å². The molecule has 0 radical (unpaired) electrons. The van der Waals surface area contributed by atoms with Crippen LogP contribution in [-0.4, -0.2) is 103 Å². The first kappa shape index (κ1) is 42.4. The molecule has 1 N–H and O–H groups in total. The van der Waals surface area contributed by atoms with Gasteiger partial charge in [-0.05, 0) is 90.2 Å². The number of ether oxygens (including phenoxy) is 2. The van der Waals surface area contributed by atoms with E-state index in [1.54, 1.807) is 36.8 Å². The molecule has 0 unspecified atom stereocenters. The molecule has 1 atom stereocenters. The molecule has 10 rings (SSSR count). The minimum absolute atomic E-state index is 0.0283. The SMILES string of the molecule is Cc1cnccc1-c1nccc(COc2ccc3cc2C[C@H](C(=O)O)Oc2ncnc4sc(-c5ccc(F)cc5)c(c24)-c2ccc(c(Cl)c2C)CN(CCN2CCN(C)CC2)C3)n1. The largest absolute Gasteiger partial charge is 0.487 e. The minimum Gasteiger partial charge on any atom is -0.487 e. The number of benzene rings is 3. The van der Waals surface area contributed by atoms with Gasteiger partial charge in [-0.25, -0.2) is 29.1 Å². The minimum atomic E-state index is -1.36. The van der Waals surface area contributed by atoms with E-state index in [9.17, 15) is 14.3 Å². The molecule has 0 spiro atoms. The second kappa shape index (κ2) is 18.4. The average molecular weight is 885 g/mol. The number of piperazine rings is 1. The van der Waals surface area contributed by atoms with Crippen LogP contribution in [0.5, 0.6) is 11.6 Å². The molecule has 0 aliphatic carbocycles. The van der Waals surface area contributed by atoms with Gasteiger partial charge in [0.1, 0.15) is 29.3 Å². The third kappa shape index (κ3) is 9.27. The van der Waals surface area contributed by atoms with Gasteiger partial charge in [-0.15, -0.1) is 11.3 Å². The van der Waals surface area contributed by atoms with Crippen LogP contribution < -0.4 is 9.47 Å². The molecule has 3 aliphatic rings. The molecule has 322 valence electrons.